The van der Waals surface area contributed by atoms with Crippen molar-refractivity contribution in [2.24, 2.45) is 0 Å². The molecule has 0 amide bonds. The zero-order valence-electron chi connectivity index (χ0n) is 9.63. The first-order chi connectivity index (χ1) is 8.72. The lowest BCUT2D eigenvalue weighted by atomic mass is 10.2. The molecule has 0 aliphatic carbocycles. The summed E-state index contributed by atoms with van der Waals surface area (Å²) in [7, 11) is 1.52. The Morgan fingerprint density at radius 2 is 2.00 bits per heavy atom. The van der Waals surface area contributed by atoms with Crippen molar-refractivity contribution in [1.82, 2.24) is 10.2 Å². The van der Waals surface area contributed by atoms with E-state index in [9.17, 15) is 0 Å². The number of aliphatic hydroxyl groups is 1. The molecule has 1 aromatic carbocycles. The van der Waals surface area contributed by atoms with Gasteiger partial charge in [0.1, 0.15) is 0 Å². The third-order valence-corrected chi connectivity index (χ3v) is 2.43. The molecule has 1 N–H and O–H groups in total. The number of hydrogen-bond donors (Lipinski definition) is 1. The summed E-state index contributed by atoms with van der Waals surface area (Å²) in [5.41, 5.74) is 0.737. The smallest absolute Gasteiger partial charge is 0.239 e. The normalized spacial score (nSPS) is 10.2. The van der Waals surface area contributed by atoms with Crippen LogP contribution in [0, 0.1) is 0 Å². The number of methoxy groups -OCH3 is 1. The van der Waals surface area contributed by atoms with Gasteiger partial charge in [0.25, 0.3) is 0 Å². The van der Waals surface area contributed by atoms with Crippen LogP contribution in [0.3, 0.4) is 0 Å². The van der Waals surface area contributed by atoms with E-state index >= 15 is 0 Å². The molecule has 1 heterocycles. The predicted molar refractivity (Wildman–Crippen MR) is 66.0 cm³/mol. The Bertz CT molecular complexity index is 531. The Labute approximate surface area is 109 Å². The molecule has 1 aromatic heterocycles. The maximum atomic E-state index is 9.04. The van der Waals surface area contributed by atoms with E-state index in [4.69, 9.17) is 26.2 Å². The van der Waals surface area contributed by atoms with Gasteiger partial charge in [0, 0.05) is 6.07 Å². The maximum absolute atomic E-state index is 9.04. The molecule has 94 valence electrons. The quantitative estimate of drug-likeness (QED) is 0.921. The van der Waals surface area contributed by atoms with Crippen molar-refractivity contribution < 1.29 is 14.6 Å². The molecule has 0 atom stereocenters. The van der Waals surface area contributed by atoms with Crippen LogP contribution in [-0.4, -0.2) is 22.4 Å². The van der Waals surface area contributed by atoms with Gasteiger partial charge in [-0.1, -0.05) is 17.7 Å². The summed E-state index contributed by atoms with van der Waals surface area (Å²) in [4.78, 5) is 0. The minimum atomic E-state index is -0.0581. The van der Waals surface area contributed by atoms with E-state index in [-0.39, 0.29) is 6.61 Å². The highest BCUT2D eigenvalue weighted by Gasteiger charge is 2.07. The van der Waals surface area contributed by atoms with Gasteiger partial charge in [0.05, 0.1) is 13.7 Å². The lowest BCUT2D eigenvalue weighted by Gasteiger charge is -2.10. The van der Waals surface area contributed by atoms with Crippen molar-refractivity contribution in [3.05, 3.63) is 41.0 Å². The fraction of sp³-hybridized carbons (Fsp3) is 0.167. The number of benzene rings is 1. The number of halogens is 1. The summed E-state index contributed by atoms with van der Waals surface area (Å²) in [6, 6.07) is 8.31. The molecule has 2 aromatic rings. The van der Waals surface area contributed by atoms with E-state index in [0.29, 0.717) is 22.5 Å². The molecule has 0 saturated carbocycles. The molecule has 2 rings (SSSR count). The fourth-order valence-electron chi connectivity index (χ4n) is 1.37. The molecular formula is C12H11ClN2O3. The summed E-state index contributed by atoms with van der Waals surface area (Å²) in [5, 5.41) is 16.8. The van der Waals surface area contributed by atoms with Crippen LogP contribution in [0.1, 0.15) is 5.56 Å². The third-order valence-electron chi connectivity index (χ3n) is 2.23. The second-order valence-corrected chi connectivity index (χ2v) is 3.83. The van der Waals surface area contributed by atoms with Gasteiger partial charge in [0.15, 0.2) is 16.7 Å². The van der Waals surface area contributed by atoms with Crippen molar-refractivity contribution in [2.45, 2.75) is 6.61 Å². The number of aliphatic hydroxyl groups excluding tert-OH is 1. The molecule has 0 unspecified atom stereocenters. The van der Waals surface area contributed by atoms with Crippen molar-refractivity contribution in [3.63, 3.8) is 0 Å². The van der Waals surface area contributed by atoms with Gasteiger partial charge in [-0.3, -0.25) is 0 Å². The highest BCUT2D eigenvalue weighted by atomic mass is 35.5. The lowest BCUT2D eigenvalue weighted by Crippen LogP contribution is -1.95. The number of ether oxygens (including phenoxy) is 2. The van der Waals surface area contributed by atoms with E-state index in [1.807, 2.05) is 0 Å². The van der Waals surface area contributed by atoms with Gasteiger partial charge in [-0.15, -0.1) is 10.2 Å². The molecule has 0 fully saturated rings. The second-order valence-electron chi connectivity index (χ2n) is 3.44. The van der Waals surface area contributed by atoms with Crippen molar-refractivity contribution >= 4 is 11.6 Å². The molecule has 0 spiro atoms. The van der Waals surface area contributed by atoms with Crippen LogP contribution >= 0.6 is 11.6 Å². The largest absolute Gasteiger partial charge is 0.493 e. The maximum Gasteiger partial charge on any atom is 0.239 e. The summed E-state index contributed by atoms with van der Waals surface area (Å²) in [5.74, 6) is 1.32. The van der Waals surface area contributed by atoms with Crippen LogP contribution in [0.2, 0.25) is 5.15 Å². The lowest BCUT2D eigenvalue weighted by molar-refractivity contribution is 0.280. The molecule has 0 aliphatic heterocycles. The van der Waals surface area contributed by atoms with Crippen LogP contribution in [0.15, 0.2) is 30.3 Å². The number of aromatic nitrogens is 2. The van der Waals surface area contributed by atoms with Crippen LogP contribution < -0.4 is 9.47 Å². The van der Waals surface area contributed by atoms with E-state index in [1.165, 1.54) is 7.11 Å². The van der Waals surface area contributed by atoms with E-state index in [0.717, 1.165) is 5.56 Å². The summed E-state index contributed by atoms with van der Waals surface area (Å²) in [6.45, 7) is -0.0581. The Morgan fingerprint density at radius 3 is 2.61 bits per heavy atom. The van der Waals surface area contributed by atoms with Crippen molar-refractivity contribution in [3.8, 4) is 17.4 Å². The highest BCUT2D eigenvalue weighted by molar-refractivity contribution is 6.29. The van der Waals surface area contributed by atoms with Gasteiger partial charge >= 0.3 is 0 Å². The molecular weight excluding hydrogens is 256 g/mol. The summed E-state index contributed by atoms with van der Waals surface area (Å²) < 4.78 is 10.7. The van der Waals surface area contributed by atoms with Crippen molar-refractivity contribution in [1.29, 1.82) is 0 Å². The first kappa shape index (κ1) is 12.6. The summed E-state index contributed by atoms with van der Waals surface area (Å²) >= 11 is 5.63. The van der Waals surface area contributed by atoms with Crippen LogP contribution in [-0.2, 0) is 6.61 Å². The van der Waals surface area contributed by atoms with E-state index in [1.54, 1.807) is 30.3 Å². The average molecular weight is 267 g/mol. The standard InChI is InChI=1S/C12H11ClN2O3/c1-17-10-6-8(7-16)2-3-9(10)18-12-5-4-11(13)14-15-12/h2-6,16H,7H2,1H3. The highest BCUT2D eigenvalue weighted by Crippen LogP contribution is 2.31. The van der Waals surface area contributed by atoms with Crippen molar-refractivity contribution in [2.75, 3.05) is 7.11 Å². The van der Waals surface area contributed by atoms with Crippen LogP contribution in [0.5, 0.6) is 17.4 Å². The fourth-order valence-corrected chi connectivity index (χ4v) is 1.47. The number of rotatable bonds is 4. The van der Waals surface area contributed by atoms with Gasteiger partial charge in [-0.2, -0.15) is 0 Å². The molecule has 0 bridgehead atoms. The minimum absolute atomic E-state index is 0.0581. The Morgan fingerprint density at radius 1 is 1.17 bits per heavy atom. The minimum Gasteiger partial charge on any atom is -0.493 e. The van der Waals surface area contributed by atoms with Crippen LogP contribution in [0.4, 0.5) is 0 Å². The van der Waals surface area contributed by atoms with Gasteiger partial charge in [0.2, 0.25) is 5.88 Å². The number of nitrogens with zero attached hydrogens (tertiary/aromatic N) is 2. The van der Waals surface area contributed by atoms with E-state index in [2.05, 4.69) is 10.2 Å². The first-order valence-electron chi connectivity index (χ1n) is 5.18. The molecule has 6 heteroatoms. The van der Waals surface area contributed by atoms with Gasteiger partial charge < -0.3 is 14.6 Å². The second kappa shape index (κ2) is 5.66. The zero-order chi connectivity index (χ0) is 13.0. The average Bonchev–Trinajstić information content (AvgIpc) is 2.41. The molecule has 0 radical (unpaired) electrons. The Balaban J connectivity index is 2.25. The topological polar surface area (TPSA) is 64.5 Å². The number of hydrogen-bond acceptors (Lipinski definition) is 5. The first-order valence-corrected chi connectivity index (χ1v) is 5.55. The Hall–Kier alpha value is -1.85. The van der Waals surface area contributed by atoms with Gasteiger partial charge in [-0.05, 0) is 23.8 Å². The Kier molecular flexibility index (Phi) is 3.96. The van der Waals surface area contributed by atoms with Gasteiger partial charge in [-0.25, -0.2) is 0 Å². The summed E-state index contributed by atoms with van der Waals surface area (Å²) in [6.07, 6.45) is 0. The molecule has 0 saturated heterocycles. The zero-order valence-corrected chi connectivity index (χ0v) is 10.4. The molecule has 18 heavy (non-hydrogen) atoms. The molecule has 0 aliphatic rings. The van der Waals surface area contributed by atoms with Crippen LogP contribution in [0.25, 0.3) is 0 Å². The predicted octanol–water partition coefficient (Wildman–Crippen LogP) is 2.42. The molecule has 5 nitrogen and oxygen atoms in total. The SMILES string of the molecule is COc1cc(CO)ccc1Oc1ccc(Cl)nn1. The van der Waals surface area contributed by atoms with E-state index < -0.39 is 0 Å². The monoisotopic (exact) mass is 266 g/mol. The third kappa shape index (κ3) is 2.88.